The molecule has 1 aliphatic heterocycles. The predicted octanol–water partition coefficient (Wildman–Crippen LogP) is 2.28. The van der Waals surface area contributed by atoms with Gasteiger partial charge < -0.3 is 10.6 Å². The van der Waals surface area contributed by atoms with Gasteiger partial charge in [0.05, 0.1) is 10.6 Å². The average molecular weight is 304 g/mol. The van der Waals surface area contributed by atoms with E-state index in [-0.39, 0.29) is 11.9 Å². The van der Waals surface area contributed by atoms with Gasteiger partial charge in [-0.05, 0) is 24.6 Å². The number of rotatable bonds is 1. The third kappa shape index (κ3) is 2.39. The van der Waals surface area contributed by atoms with Crippen molar-refractivity contribution in [2.24, 2.45) is 5.73 Å². The Morgan fingerprint density at radius 2 is 2.31 bits per heavy atom. The van der Waals surface area contributed by atoms with Gasteiger partial charge in [0.25, 0.3) is 5.91 Å². The van der Waals surface area contributed by atoms with Gasteiger partial charge in [-0.15, -0.1) is 0 Å². The third-order valence-electron chi connectivity index (χ3n) is 2.67. The zero-order valence-electron chi connectivity index (χ0n) is 8.62. The maximum Gasteiger partial charge on any atom is 0.255 e. The van der Waals surface area contributed by atoms with E-state index < -0.39 is 0 Å². The minimum atomic E-state index is -0.0366. The summed E-state index contributed by atoms with van der Waals surface area (Å²) in [6.45, 7) is 1.33. The van der Waals surface area contributed by atoms with Crippen molar-refractivity contribution >= 4 is 33.4 Å². The molecule has 2 N–H and O–H groups in total. The van der Waals surface area contributed by atoms with Gasteiger partial charge >= 0.3 is 0 Å². The lowest BCUT2D eigenvalue weighted by molar-refractivity contribution is 0.0791. The number of carbonyl (C=O) groups is 1. The van der Waals surface area contributed by atoms with E-state index in [1.165, 1.54) is 0 Å². The first-order chi connectivity index (χ1) is 7.58. The molecule has 0 radical (unpaired) electrons. The van der Waals surface area contributed by atoms with Crippen LogP contribution in [0.25, 0.3) is 0 Å². The second-order valence-electron chi connectivity index (χ2n) is 3.92. The van der Waals surface area contributed by atoms with Gasteiger partial charge in [-0.2, -0.15) is 0 Å². The van der Waals surface area contributed by atoms with E-state index in [0.717, 1.165) is 10.9 Å². The molecule has 1 aliphatic rings. The van der Waals surface area contributed by atoms with Crippen molar-refractivity contribution in [1.29, 1.82) is 0 Å². The van der Waals surface area contributed by atoms with Crippen LogP contribution >= 0.6 is 27.5 Å². The number of nitrogens with two attached hydrogens (primary N) is 1. The summed E-state index contributed by atoms with van der Waals surface area (Å²) in [5.74, 6) is -0.0366. The van der Waals surface area contributed by atoms with Crippen molar-refractivity contribution in [3.05, 3.63) is 33.3 Å². The highest BCUT2D eigenvalue weighted by Crippen LogP contribution is 2.23. The molecule has 3 nitrogen and oxygen atoms in total. The highest BCUT2D eigenvalue weighted by Gasteiger charge is 2.25. The fraction of sp³-hybridized carbons (Fsp3) is 0.364. The first kappa shape index (κ1) is 11.9. The number of halogens is 2. The summed E-state index contributed by atoms with van der Waals surface area (Å²) in [6, 6.07) is 5.37. The normalized spacial score (nSPS) is 20.2. The van der Waals surface area contributed by atoms with Crippen LogP contribution in [0.15, 0.2) is 22.7 Å². The van der Waals surface area contributed by atoms with E-state index in [1.54, 1.807) is 17.0 Å². The van der Waals surface area contributed by atoms with Crippen LogP contribution in [0, 0.1) is 0 Å². The van der Waals surface area contributed by atoms with Gasteiger partial charge in [0.1, 0.15) is 0 Å². The van der Waals surface area contributed by atoms with Crippen LogP contribution in [0.2, 0.25) is 5.02 Å². The lowest BCUT2D eigenvalue weighted by Gasteiger charge is -2.16. The number of hydrogen-bond donors (Lipinski definition) is 1. The smallest absolute Gasteiger partial charge is 0.255 e. The van der Waals surface area contributed by atoms with Crippen LogP contribution in [0.1, 0.15) is 16.8 Å². The zero-order chi connectivity index (χ0) is 11.7. The molecule has 1 saturated heterocycles. The summed E-state index contributed by atoms with van der Waals surface area (Å²) in [7, 11) is 0. The molecule has 1 heterocycles. The molecule has 0 spiro atoms. The molecular formula is C11H12BrClN2O. The summed E-state index contributed by atoms with van der Waals surface area (Å²) < 4.78 is 0.868. The fourth-order valence-electron chi connectivity index (χ4n) is 1.81. The number of benzene rings is 1. The van der Waals surface area contributed by atoms with Gasteiger partial charge in [-0.25, -0.2) is 0 Å². The molecule has 5 heteroatoms. The minimum Gasteiger partial charge on any atom is -0.337 e. The highest BCUT2D eigenvalue weighted by atomic mass is 79.9. The molecule has 0 aromatic heterocycles. The molecule has 1 fully saturated rings. The van der Waals surface area contributed by atoms with Crippen LogP contribution in [0.4, 0.5) is 0 Å². The van der Waals surface area contributed by atoms with Gasteiger partial charge in [-0.3, -0.25) is 4.79 Å². The Hall–Kier alpha value is -0.580. The Morgan fingerprint density at radius 3 is 2.88 bits per heavy atom. The van der Waals surface area contributed by atoms with Crippen molar-refractivity contribution in [3.8, 4) is 0 Å². The lowest BCUT2D eigenvalue weighted by Crippen LogP contribution is -2.32. The quantitative estimate of drug-likeness (QED) is 0.865. The third-order valence-corrected chi connectivity index (χ3v) is 3.48. The van der Waals surface area contributed by atoms with E-state index in [0.29, 0.717) is 23.7 Å². The Morgan fingerprint density at radius 1 is 1.56 bits per heavy atom. The number of nitrogens with zero attached hydrogens (tertiary/aromatic N) is 1. The summed E-state index contributed by atoms with van der Waals surface area (Å²) in [5.41, 5.74) is 6.31. The topological polar surface area (TPSA) is 46.3 Å². The molecule has 86 valence electrons. The van der Waals surface area contributed by atoms with E-state index in [1.807, 2.05) is 6.07 Å². The van der Waals surface area contributed by atoms with Crippen LogP contribution in [0.3, 0.4) is 0 Å². The SMILES string of the molecule is NC1CCN(C(=O)c2ccc(Br)cc2Cl)C1. The summed E-state index contributed by atoms with van der Waals surface area (Å²) in [4.78, 5) is 13.8. The second-order valence-corrected chi connectivity index (χ2v) is 5.25. The van der Waals surface area contributed by atoms with E-state index in [4.69, 9.17) is 17.3 Å². The first-order valence-corrected chi connectivity index (χ1v) is 6.25. The molecule has 1 aromatic rings. The monoisotopic (exact) mass is 302 g/mol. The van der Waals surface area contributed by atoms with E-state index in [2.05, 4.69) is 15.9 Å². The number of amides is 1. The van der Waals surface area contributed by atoms with Crippen LogP contribution < -0.4 is 5.73 Å². The van der Waals surface area contributed by atoms with Crippen LogP contribution in [-0.2, 0) is 0 Å². The van der Waals surface area contributed by atoms with E-state index in [9.17, 15) is 4.79 Å². The van der Waals surface area contributed by atoms with Gasteiger partial charge in [-0.1, -0.05) is 27.5 Å². The molecule has 16 heavy (non-hydrogen) atoms. The highest BCUT2D eigenvalue weighted by molar-refractivity contribution is 9.10. The Bertz CT molecular complexity index is 424. The summed E-state index contributed by atoms with van der Waals surface area (Å²) >= 11 is 9.34. The van der Waals surface area contributed by atoms with Gasteiger partial charge in [0, 0.05) is 23.6 Å². The lowest BCUT2D eigenvalue weighted by atomic mass is 10.2. The molecule has 1 amide bonds. The van der Waals surface area contributed by atoms with Crippen molar-refractivity contribution in [3.63, 3.8) is 0 Å². The number of likely N-dealkylation sites (tertiary alicyclic amines) is 1. The molecule has 1 aromatic carbocycles. The number of hydrogen-bond acceptors (Lipinski definition) is 2. The van der Waals surface area contributed by atoms with Crippen molar-refractivity contribution in [2.45, 2.75) is 12.5 Å². The molecular weight excluding hydrogens is 291 g/mol. The Labute approximate surface area is 108 Å². The fourth-order valence-corrected chi connectivity index (χ4v) is 2.56. The number of carbonyl (C=O) groups excluding carboxylic acids is 1. The Balaban J connectivity index is 2.21. The summed E-state index contributed by atoms with van der Waals surface area (Å²) in [5, 5.41) is 0.472. The molecule has 2 rings (SSSR count). The van der Waals surface area contributed by atoms with Crippen molar-refractivity contribution in [1.82, 2.24) is 4.90 Å². The molecule has 1 unspecified atom stereocenters. The van der Waals surface area contributed by atoms with Crippen molar-refractivity contribution < 1.29 is 4.79 Å². The average Bonchev–Trinajstić information content (AvgIpc) is 2.64. The van der Waals surface area contributed by atoms with Gasteiger partial charge in [0.15, 0.2) is 0 Å². The van der Waals surface area contributed by atoms with Crippen molar-refractivity contribution in [2.75, 3.05) is 13.1 Å². The Kier molecular flexibility index (Phi) is 3.52. The maximum atomic E-state index is 12.1. The zero-order valence-corrected chi connectivity index (χ0v) is 11.0. The molecule has 0 aliphatic carbocycles. The second kappa shape index (κ2) is 4.73. The molecule has 0 bridgehead atoms. The minimum absolute atomic E-state index is 0.0366. The van der Waals surface area contributed by atoms with E-state index >= 15 is 0 Å². The summed E-state index contributed by atoms with van der Waals surface area (Å²) in [6.07, 6.45) is 0.861. The maximum absolute atomic E-state index is 12.1. The largest absolute Gasteiger partial charge is 0.337 e. The standard InChI is InChI=1S/C11H12BrClN2O/c12-7-1-2-9(10(13)5-7)11(16)15-4-3-8(14)6-15/h1-2,5,8H,3-4,6,14H2. The van der Waals surface area contributed by atoms with Gasteiger partial charge in [0.2, 0.25) is 0 Å². The molecule has 0 saturated carbocycles. The first-order valence-electron chi connectivity index (χ1n) is 5.08. The van der Waals surface area contributed by atoms with Crippen LogP contribution in [0.5, 0.6) is 0 Å². The molecule has 1 atom stereocenters. The predicted molar refractivity (Wildman–Crippen MR) is 67.6 cm³/mol. The van der Waals surface area contributed by atoms with Crippen LogP contribution in [-0.4, -0.2) is 29.9 Å².